The number of nitrogens with one attached hydrogen (secondary N) is 1. The number of rotatable bonds is 10. The Labute approximate surface area is 230 Å². The number of amides is 2. The molecule has 0 radical (unpaired) electrons. The molecule has 2 amide bonds. The van der Waals surface area contributed by atoms with Crippen molar-refractivity contribution in [3.05, 3.63) is 32.9 Å². The first-order valence-corrected chi connectivity index (χ1v) is 12.8. The van der Waals surface area contributed by atoms with Gasteiger partial charge in [0.25, 0.3) is 0 Å². The summed E-state index contributed by atoms with van der Waals surface area (Å²) in [6.45, 7) is -1.95. The van der Waals surface area contributed by atoms with Crippen molar-refractivity contribution >= 4 is 40.7 Å². The molecular weight excluding hydrogens is 628 g/mol. The van der Waals surface area contributed by atoms with E-state index < -0.39 is 48.7 Å². The normalized spacial score (nSPS) is 23.4. The third-order valence-electron chi connectivity index (χ3n) is 6.17. The summed E-state index contributed by atoms with van der Waals surface area (Å²) in [7, 11) is 1.32. The highest BCUT2D eigenvalue weighted by molar-refractivity contribution is 14.1. The first-order chi connectivity index (χ1) is 18.0. The minimum atomic E-state index is -4.78. The van der Waals surface area contributed by atoms with E-state index in [-0.39, 0.29) is 61.8 Å². The lowest BCUT2D eigenvalue weighted by Crippen LogP contribution is -2.58. The summed E-state index contributed by atoms with van der Waals surface area (Å²) in [6.07, 6.45) is -6.10. The van der Waals surface area contributed by atoms with Crippen molar-refractivity contribution in [2.75, 3.05) is 40.0 Å². The first-order valence-electron chi connectivity index (χ1n) is 11.7. The van der Waals surface area contributed by atoms with Crippen molar-refractivity contribution in [3.8, 4) is 11.5 Å². The summed E-state index contributed by atoms with van der Waals surface area (Å²) in [4.78, 5) is 37.8. The Kier molecular flexibility index (Phi) is 10.4. The molecule has 1 unspecified atom stereocenters. The fraction of sp³-hybridized carbons (Fsp3) is 0.542. The Balaban J connectivity index is 2.03. The van der Waals surface area contributed by atoms with Gasteiger partial charge in [-0.15, -0.1) is 0 Å². The first kappa shape index (κ1) is 30.1. The number of ether oxygens (including phenoxy) is 3. The van der Waals surface area contributed by atoms with Gasteiger partial charge in [0.15, 0.2) is 11.5 Å². The summed E-state index contributed by atoms with van der Waals surface area (Å²) in [5, 5.41) is 22.8. The zero-order valence-electron chi connectivity index (χ0n) is 20.4. The van der Waals surface area contributed by atoms with Crippen LogP contribution >= 0.6 is 22.6 Å². The van der Waals surface area contributed by atoms with Gasteiger partial charge in [-0.2, -0.15) is 13.2 Å². The quantitative estimate of drug-likeness (QED) is 0.255. The summed E-state index contributed by atoms with van der Waals surface area (Å²) in [6, 6.07) is 1.40. The van der Waals surface area contributed by atoms with Gasteiger partial charge in [-0.25, -0.2) is 0 Å². The fourth-order valence-electron chi connectivity index (χ4n) is 4.35. The van der Waals surface area contributed by atoms with E-state index in [1.54, 1.807) is 0 Å². The second kappa shape index (κ2) is 13.1. The molecule has 1 heterocycles. The maximum Gasteiger partial charge on any atom is 0.406 e. The number of benzene rings is 1. The Morgan fingerprint density at radius 2 is 2.08 bits per heavy atom. The summed E-state index contributed by atoms with van der Waals surface area (Å²) < 4.78 is 57.7. The van der Waals surface area contributed by atoms with E-state index in [4.69, 9.17) is 19.3 Å². The van der Waals surface area contributed by atoms with E-state index in [0.717, 1.165) is 0 Å². The van der Waals surface area contributed by atoms with E-state index in [0.29, 0.717) is 14.8 Å². The minimum Gasteiger partial charge on any atom is -0.493 e. The number of carbonyl (C=O) groups excluding carboxylic acids is 3. The van der Waals surface area contributed by atoms with Crippen molar-refractivity contribution < 1.29 is 52.0 Å². The molecule has 2 aliphatic rings. The maximum atomic E-state index is 13.6. The van der Waals surface area contributed by atoms with Crippen LogP contribution in [-0.2, 0) is 14.3 Å². The number of hydrogen-bond donors (Lipinski definition) is 3. The molecule has 1 aliphatic carbocycles. The van der Waals surface area contributed by atoms with Crippen molar-refractivity contribution in [2.45, 2.75) is 37.3 Å². The zero-order chi connectivity index (χ0) is 28.0. The van der Waals surface area contributed by atoms with Crippen LogP contribution < -0.4 is 14.8 Å². The molecule has 0 spiro atoms. The molecular formula is C24H28F3IN2O8. The van der Waals surface area contributed by atoms with E-state index in [2.05, 4.69) is 5.32 Å². The SMILES string of the molecule is COc1cc(C=O)cc(I)c1O[C@H]1C=C(C(=O)NCCO)C[C@@H](N(CC(F)(F)F)C(=O)C2CCOC2)[C@@H]1O. The number of carbonyl (C=O) groups is 3. The number of hydrogen-bond acceptors (Lipinski definition) is 8. The second-order valence-electron chi connectivity index (χ2n) is 8.81. The Morgan fingerprint density at radius 1 is 1.34 bits per heavy atom. The zero-order valence-corrected chi connectivity index (χ0v) is 22.5. The standard InChI is InChI=1S/C24H28F3IN2O8/c1-36-19-7-13(10-32)6-16(28)21(19)38-18-9-15(22(34)29-3-4-31)8-17(20(18)33)30(12-24(25,26)27)23(35)14-2-5-37-11-14/h6-7,9-10,14,17-18,20,31,33H,2-5,8,11-12H2,1H3,(H,29,34)/t14?,17-,18+,20+/m1/s1. The monoisotopic (exact) mass is 656 g/mol. The van der Waals surface area contributed by atoms with Gasteiger partial charge in [0.1, 0.15) is 25.0 Å². The van der Waals surface area contributed by atoms with Gasteiger partial charge < -0.3 is 34.6 Å². The topological polar surface area (TPSA) is 135 Å². The van der Waals surface area contributed by atoms with Crippen LogP contribution in [-0.4, -0.2) is 97.7 Å². The third kappa shape index (κ3) is 7.36. The molecule has 0 aromatic heterocycles. The van der Waals surface area contributed by atoms with Crippen LogP contribution in [0, 0.1) is 9.49 Å². The van der Waals surface area contributed by atoms with Crippen LogP contribution in [0.15, 0.2) is 23.8 Å². The van der Waals surface area contributed by atoms with Crippen LogP contribution in [0.4, 0.5) is 13.2 Å². The van der Waals surface area contributed by atoms with Crippen molar-refractivity contribution in [3.63, 3.8) is 0 Å². The molecule has 14 heteroatoms. The van der Waals surface area contributed by atoms with E-state index in [9.17, 15) is 32.7 Å². The number of aliphatic hydroxyl groups is 2. The largest absolute Gasteiger partial charge is 0.493 e. The van der Waals surface area contributed by atoms with Gasteiger partial charge in [-0.05, 0) is 47.2 Å². The highest BCUT2D eigenvalue weighted by Gasteiger charge is 2.46. The Hall–Kier alpha value is -2.43. The van der Waals surface area contributed by atoms with Gasteiger partial charge in [0, 0.05) is 30.7 Å². The van der Waals surface area contributed by atoms with Crippen molar-refractivity contribution in [1.29, 1.82) is 0 Å². The Morgan fingerprint density at radius 3 is 2.66 bits per heavy atom. The highest BCUT2D eigenvalue weighted by atomic mass is 127. The molecule has 1 aromatic rings. The predicted molar refractivity (Wildman–Crippen MR) is 135 cm³/mol. The van der Waals surface area contributed by atoms with Crippen LogP contribution in [0.1, 0.15) is 23.2 Å². The number of aliphatic hydroxyl groups excluding tert-OH is 2. The number of alkyl halides is 3. The lowest BCUT2D eigenvalue weighted by molar-refractivity contribution is -0.175. The lowest BCUT2D eigenvalue weighted by atomic mass is 9.87. The molecule has 210 valence electrons. The second-order valence-corrected chi connectivity index (χ2v) is 9.97. The molecule has 3 N–H and O–H groups in total. The van der Waals surface area contributed by atoms with Gasteiger partial charge in [0.2, 0.25) is 11.8 Å². The van der Waals surface area contributed by atoms with Crippen LogP contribution in [0.2, 0.25) is 0 Å². The molecule has 1 fully saturated rings. The van der Waals surface area contributed by atoms with Crippen molar-refractivity contribution in [2.24, 2.45) is 5.92 Å². The highest BCUT2D eigenvalue weighted by Crippen LogP contribution is 2.37. The van der Waals surface area contributed by atoms with Crippen LogP contribution in [0.25, 0.3) is 0 Å². The molecule has 4 atom stereocenters. The number of methoxy groups -OCH3 is 1. The third-order valence-corrected chi connectivity index (χ3v) is 6.97. The van der Waals surface area contributed by atoms with Gasteiger partial charge in [-0.3, -0.25) is 14.4 Å². The molecule has 38 heavy (non-hydrogen) atoms. The fourth-order valence-corrected chi connectivity index (χ4v) is 5.11. The van der Waals surface area contributed by atoms with Crippen LogP contribution in [0.5, 0.6) is 11.5 Å². The molecule has 1 aromatic carbocycles. The minimum absolute atomic E-state index is 0.0279. The van der Waals surface area contributed by atoms with Crippen molar-refractivity contribution in [1.82, 2.24) is 10.2 Å². The van der Waals surface area contributed by atoms with Gasteiger partial charge in [-0.1, -0.05) is 0 Å². The summed E-state index contributed by atoms with van der Waals surface area (Å²) in [5.41, 5.74) is 0.251. The lowest BCUT2D eigenvalue weighted by Gasteiger charge is -2.41. The molecule has 1 saturated heterocycles. The summed E-state index contributed by atoms with van der Waals surface area (Å²) in [5.74, 6) is -2.14. The molecule has 0 saturated carbocycles. The number of halogens is 4. The average molecular weight is 656 g/mol. The van der Waals surface area contributed by atoms with E-state index >= 15 is 0 Å². The van der Waals surface area contributed by atoms with Crippen LogP contribution in [0.3, 0.4) is 0 Å². The smallest absolute Gasteiger partial charge is 0.406 e. The van der Waals surface area contributed by atoms with E-state index in [1.807, 2.05) is 22.6 Å². The molecule has 0 bridgehead atoms. The van der Waals surface area contributed by atoms with Gasteiger partial charge in [0.05, 0.1) is 35.9 Å². The number of nitrogens with zero attached hydrogens (tertiary/aromatic N) is 1. The van der Waals surface area contributed by atoms with E-state index in [1.165, 1.54) is 25.3 Å². The number of aldehydes is 1. The molecule has 3 rings (SSSR count). The molecule has 10 nitrogen and oxygen atoms in total. The predicted octanol–water partition coefficient (Wildman–Crippen LogP) is 1.46. The summed E-state index contributed by atoms with van der Waals surface area (Å²) >= 11 is 1.87. The average Bonchev–Trinajstić information content (AvgIpc) is 3.42. The van der Waals surface area contributed by atoms with Gasteiger partial charge >= 0.3 is 6.18 Å². The maximum absolute atomic E-state index is 13.6. The molecule has 1 aliphatic heterocycles. The Bertz CT molecular complexity index is 1060.